The number of hydrogen-bond donors (Lipinski definition) is 1. The lowest BCUT2D eigenvalue weighted by atomic mass is 9.88. The third-order valence-electron chi connectivity index (χ3n) is 4.91. The van der Waals surface area contributed by atoms with Gasteiger partial charge in [-0.2, -0.15) is 0 Å². The Bertz CT molecular complexity index is 766. The fraction of sp³-hybridized carbons (Fsp3) is 0.333. The first-order chi connectivity index (χ1) is 12.0. The Morgan fingerprint density at radius 3 is 2.40 bits per heavy atom. The van der Waals surface area contributed by atoms with Crippen LogP contribution in [0.25, 0.3) is 0 Å². The zero-order chi connectivity index (χ0) is 18.0. The summed E-state index contributed by atoms with van der Waals surface area (Å²) in [5.74, 6) is -2.44. The van der Waals surface area contributed by atoms with E-state index in [1.165, 1.54) is 0 Å². The predicted molar refractivity (Wildman–Crippen MR) is 94.0 cm³/mol. The summed E-state index contributed by atoms with van der Waals surface area (Å²) in [5, 5.41) is 11.2. The molecule has 0 spiro atoms. The maximum absolute atomic E-state index is 13.1. The number of aliphatic hydroxyl groups is 1. The van der Waals surface area contributed by atoms with Crippen LogP contribution in [0.15, 0.2) is 54.6 Å². The molecule has 4 nitrogen and oxygen atoms in total. The van der Waals surface area contributed by atoms with Crippen LogP contribution in [-0.2, 0) is 19.9 Å². The molecule has 0 aromatic heterocycles. The number of Topliss-reactive ketones (excluding diaryl/α,β-unsaturated/α-hetero) is 1. The molecule has 0 amide bonds. The molecule has 1 saturated carbocycles. The first-order valence-electron chi connectivity index (χ1n) is 8.52. The average Bonchev–Trinajstić information content (AvgIpc) is 2.89. The Kier molecular flexibility index (Phi) is 4.73. The number of hydrogen-bond acceptors (Lipinski definition) is 4. The van der Waals surface area contributed by atoms with Gasteiger partial charge in [-0.1, -0.05) is 60.2 Å². The van der Waals surface area contributed by atoms with Gasteiger partial charge < -0.3 is 9.84 Å². The van der Waals surface area contributed by atoms with Crippen LogP contribution in [0, 0.1) is 12.8 Å². The number of benzene rings is 2. The van der Waals surface area contributed by atoms with Crippen LogP contribution in [0.4, 0.5) is 0 Å². The summed E-state index contributed by atoms with van der Waals surface area (Å²) in [6, 6.07) is 16.6. The number of carbonyl (C=O) groups excluding carboxylic acids is 2. The maximum Gasteiger partial charge on any atom is 0.317 e. The molecule has 0 aliphatic heterocycles. The average molecular weight is 338 g/mol. The highest BCUT2D eigenvalue weighted by Gasteiger charge is 2.56. The molecule has 0 saturated heterocycles. The van der Waals surface area contributed by atoms with Crippen molar-refractivity contribution in [1.82, 2.24) is 0 Å². The lowest BCUT2D eigenvalue weighted by molar-refractivity contribution is -0.154. The van der Waals surface area contributed by atoms with Gasteiger partial charge in [0.15, 0.2) is 5.78 Å². The van der Waals surface area contributed by atoms with Crippen molar-refractivity contribution in [1.29, 1.82) is 0 Å². The summed E-state index contributed by atoms with van der Waals surface area (Å²) in [7, 11) is 0. The van der Waals surface area contributed by atoms with Crippen molar-refractivity contribution in [2.75, 3.05) is 6.61 Å². The molecule has 1 N–H and O–H groups in total. The van der Waals surface area contributed by atoms with Crippen LogP contribution < -0.4 is 0 Å². The van der Waals surface area contributed by atoms with E-state index >= 15 is 0 Å². The van der Waals surface area contributed by atoms with E-state index < -0.39 is 29.2 Å². The molecule has 0 radical (unpaired) electrons. The molecule has 4 heteroatoms. The van der Waals surface area contributed by atoms with Crippen molar-refractivity contribution in [3.8, 4) is 0 Å². The zero-order valence-electron chi connectivity index (χ0n) is 14.4. The monoisotopic (exact) mass is 338 g/mol. The fourth-order valence-corrected chi connectivity index (χ4v) is 3.58. The molecule has 130 valence electrons. The fourth-order valence-electron chi connectivity index (χ4n) is 3.58. The number of ketones is 1. The van der Waals surface area contributed by atoms with Crippen LogP contribution in [-0.4, -0.2) is 23.5 Å². The van der Waals surface area contributed by atoms with Crippen molar-refractivity contribution < 1.29 is 19.4 Å². The van der Waals surface area contributed by atoms with Gasteiger partial charge in [-0.3, -0.25) is 9.59 Å². The summed E-state index contributed by atoms with van der Waals surface area (Å²) < 4.78 is 5.13. The van der Waals surface area contributed by atoms with Crippen LogP contribution >= 0.6 is 0 Å². The van der Waals surface area contributed by atoms with E-state index in [1.807, 2.05) is 49.4 Å². The minimum atomic E-state index is -1.67. The van der Waals surface area contributed by atoms with E-state index in [0.29, 0.717) is 5.56 Å². The molecule has 2 aromatic rings. The first-order valence-corrected chi connectivity index (χ1v) is 8.52. The summed E-state index contributed by atoms with van der Waals surface area (Å²) in [4.78, 5) is 25.5. The topological polar surface area (TPSA) is 63.6 Å². The van der Waals surface area contributed by atoms with Crippen molar-refractivity contribution in [3.05, 3.63) is 71.3 Å². The molecule has 3 atom stereocenters. The molecule has 25 heavy (non-hydrogen) atoms. The van der Waals surface area contributed by atoms with Gasteiger partial charge in [0.25, 0.3) is 0 Å². The molecule has 3 unspecified atom stereocenters. The highest BCUT2D eigenvalue weighted by Crippen LogP contribution is 2.48. The Morgan fingerprint density at radius 2 is 1.80 bits per heavy atom. The van der Waals surface area contributed by atoms with Gasteiger partial charge in [0, 0.05) is 5.92 Å². The molecule has 1 aliphatic rings. The quantitative estimate of drug-likeness (QED) is 0.687. The first kappa shape index (κ1) is 17.4. The Hall–Kier alpha value is -2.46. The largest absolute Gasteiger partial charge is 0.465 e. The summed E-state index contributed by atoms with van der Waals surface area (Å²) >= 11 is 0. The zero-order valence-corrected chi connectivity index (χ0v) is 14.4. The van der Waals surface area contributed by atoms with Crippen molar-refractivity contribution in [3.63, 3.8) is 0 Å². The van der Waals surface area contributed by atoms with Gasteiger partial charge in [0.1, 0.15) is 11.5 Å². The van der Waals surface area contributed by atoms with Gasteiger partial charge in [-0.15, -0.1) is 0 Å². The SMILES string of the molecule is CCOC(=O)C1C(=O)C(O)(c2ccc(C)cc2)CC1c1ccccc1. The smallest absolute Gasteiger partial charge is 0.317 e. The van der Waals surface area contributed by atoms with Gasteiger partial charge in [-0.25, -0.2) is 0 Å². The molecular formula is C21H22O4. The second kappa shape index (κ2) is 6.81. The normalized spacial score (nSPS) is 25.8. The summed E-state index contributed by atoms with van der Waals surface area (Å²) in [6.07, 6.45) is 0.169. The van der Waals surface area contributed by atoms with E-state index in [9.17, 15) is 14.7 Å². The summed E-state index contributed by atoms with van der Waals surface area (Å²) in [6.45, 7) is 3.85. The molecule has 1 fully saturated rings. The molecule has 2 aromatic carbocycles. The Morgan fingerprint density at radius 1 is 1.16 bits per heavy atom. The maximum atomic E-state index is 13.1. The lowest BCUT2D eigenvalue weighted by Gasteiger charge is -2.22. The van der Waals surface area contributed by atoms with E-state index in [1.54, 1.807) is 19.1 Å². The number of aryl methyl sites for hydroxylation is 1. The predicted octanol–water partition coefficient (Wildman–Crippen LogP) is 3.12. The molecule has 0 bridgehead atoms. The van der Waals surface area contributed by atoms with Crippen molar-refractivity contribution in [2.45, 2.75) is 31.8 Å². The highest BCUT2D eigenvalue weighted by atomic mass is 16.5. The number of esters is 1. The molecule has 1 aliphatic carbocycles. The molecular weight excluding hydrogens is 316 g/mol. The molecule has 0 heterocycles. The van der Waals surface area contributed by atoms with Gasteiger partial charge in [0.2, 0.25) is 0 Å². The third-order valence-corrected chi connectivity index (χ3v) is 4.91. The number of carbonyl (C=O) groups is 2. The minimum absolute atomic E-state index is 0.169. The second-order valence-electron chi connectivity index (χ2n) is 6.54. The minimum Gasteiger partial charge on any atom is -0.465 e. The van der Waals surface area contributed by atoms with Crippen LogP contribution in [0.1, 0.15) is 36.0 Å². The Balaban J connectivity index is 2.04. The number of ether oxygens (including phenoxy) is 1. The van der Waals surface area contributed by atoms with Crippen LogP contribution in [0.3, 0.4) is 0 Å². The highest BCUT2D eigenvalue weighted by molar-refractivity contribution is 6.06. The van der Waals surface area contributed by atoms with E-state index in [0.717, 1.165) is 11.1 Å². The van der Waals surface area contributed by atoms with E-state index in [2.05, 4.69) is 0 Å². The van der Waals surface area contributed by atoms with Crippen molar-refractivity contribution in [2.24, 2.45) is 5.92 Å². The Labute approximate surface area is 147 Å². The third kappa shape index (κ3) is 3.10. The second-order valence-corrected chi connectivity index (χ2v) is 6.54. The van der Waals surface area contributed by atoms with E-state index in [-0.39, 0.29) is 13.0 Å². The van der Waals surface area contributed by atoms with Crippen LogP contribution in [0.5, 0.6) is 0 Å². The van der Waals surface area contributed by atoms with E-state index in [4.69, 9.17) is 4.74 Å². The standard InChI is InChI=1S/C21H22O4/c1-3-25-20(23)18-17(15-7-5-4-6-8-15)13-21(24,19(18)22)16-11-9-14(2)10-12-16/h4-12,17-18,24H,3,13H2,1-2H3. The van der Waals surface area contributed by atoms with Crippen LogP contribution in [0.2, 0.25) is 0 Å². The van der Waals surface area contributed by atoms with Gasteiger partial charge in [-0.05, 0) is 31.4 Å². The lowest BCUT2D eigenvalue weighted by Crippen LogP contribution is -2.36. The van der Waals surface area contributed by atoms with Crippen molar-refractivity contribution >= 4 is 11.8 Å². The van der Waals surface area contributed by atoms with Gasteiger partial charge in [0.05, 0.1) is 6.61 Å². The molecule has 3 rings (SSSR count). The number of rotatable bonds is 4. The summed E-state index contributed by atoms with van der Waals surface area (Å²) in [5.41, 5.74) is 0.748. The van der Waals surface area contributed by atoms with Gasteiger partial charge >= 0.3 is 5.97 Å².